The average Bonchev–Trinajstić information content (AvgIpc) is 2.61. The van der Waals surface area contributed by atoms with Crippen LogP contribution in [0.15, 0.2) is 23.0 Å². The molecule has 0 aliphatic heterocycles. The minimum atomic E-state index is -0.196. The number of carbonyl (C=O) groups is 1. The summed E-state index contributed by atoms with van der Waals surface area (Å²) in [6.07, 6.45) is 12.7. The van der Waals surface area contributed by atoms with Crippen molar-refractivity contribution in [3.8, 4) is 0 Å². The quantitative estimate of drug-likeness (QED) is 0.401. The molecule has 3 fully saturated rings. The molecule has 0 aromatic carbocycles. The summed E-state index contributed by atoms with van der Waals surface area (Å²) in [5, 5.41) is 10.1. The van der Waals surface area contributed by atoms with E-state index in [0.29, 0.717) is 5.41 Å². The van der Waals surface area contributed by atoms with Gasteiger partial charge in [0.2, 0.25) is 0 Å². The van der Waals surface area contributed by atoms with Crippen molar-refractivity contribution < 1.29 is 14.6 Å². The highest BCUT2D eigenvalue weighted by Gasteiger charge is 2.52. The third-order valence-corrected chi connectivity index (χ3v) is 8.24. The molecule has 0 heterocycles. The zero-order valence-corrected chi connectivity index (χ0v) is 16.6. The molecular weight excluding hydrogens is 324 g/mol. The van der Waals surface area contributed by atoms with Gasteiger partial charge >= 0.3 is 5.97 Å². The van der Waals surface area contributed by atoms with Crippen LogP contribution >= 0.6 is 0 Å². The number of carbonyl (C=O) groups excluding carboxylic acids is 1. The van der Waals surface area contributed by atoms with Gasteiger partial charge in [0.25, 0.3) is 0 Å². The third kappa shape index (κ3) is 3.06. The van der Waals surface area contributed by atoms with E-state index in [9.17, 15) is 9.90 Å². The van der Waals surface area contributed by atoms with Crippen LogP contribution in [0.2, 0.25) is 0 Å². The number of rotatable bonds is 1. The Morgan fingerprint density at radius 3 is 2.73 bits per heavy atom. The van der Waals surface area contributed by atoms with Crippen LogP contribution < -0.4 is 0 Å². The van der Waals surface area contributed by atoms with Crippen molar-refractivity contribution >= 4 is 5.97 Å². The summed E-state index contributed by atoms with van der Waals surface area (Å²) < 4.78 is 5.38. The summed E-state index contributed by atoms with van der Waals surface area (Å²) in [5.74, 6) is 3.86. The van der Waals surface area contributed by atoms with Gasteiger partial charge in [-0.25, -0.2) is 0 Å². The summed E-state index contributed by atoms with van der Waals surface area (Å²) >= 11 is 0. The van der Waals surface area contributed by atoms with Gasteiger partial charge in [-0.15, -0.1) is 0 Å². The van der Waals surface area contributed by atoms with Crippen LogP contribution in [0, 0.1) is 29.1 Å². The number of aliphatic hydroxyl groups is 1. The number of esters is 1. The average molecular weight is 359 g/mol. The molecule has 4 rings (SSSR count). The highest BCUT2D eigenvalue weighted by atomic mass is 16.5. The SMILES string of the molecule is CC(=O)O/C(C)=C1/CC[C@@H]2[C@H](CC[C@H]3[C@H]2CC=C2C[C@@H](O)CC[C@@]23C)C1. The zero-order valence-electron chi connectivity index (χ0n) is 16.6. The molecule has 0 radical (unpaired) electrons. The highest BCUT2D eigenvalue weighted by molar-refractivity contribution is 5.67. The Morgan fingerprint density at radius 1 is 1.15 bits per heavy atom. The Bertz CT molecular complexity index is 646. The van der Waals surface area contributed by atoms with Crippen LogP contribution in [0.1, 0.15) is 78.6 Å². The Kier molecular flexibility index (Phi) is 4.79. The van der Waals surface area contributed by atoms with Crippen molar-refractivity contribution in [3.63, 3.8) is 0 Å². The Morgan fingerprint density at radius 2 is 1.96 bits per heavy atom. The van der Waals surface area contributed by atoms with E-state index >= 15 is 0 Å². The molecular formula is C23H34O3. The molecule has 3 saturated carbocycles. The fourth-order valence-electron chi connectivity index (χ4n) is 6.90. The molecule has 4 aliphatic carbocycles. The third-order valence-electron chi connectivity index (χ3n) is 8.24. The predicted octanol–water partition coefficient (Wildman–Crippen LogP) is 5.15. The maximum atomic E-state index is 11.3. The lowest BCUT2D eigenvalue weighted by Gasteiger charge is -2.57. The molecule has 3 heteroatoms. The second-order valence-corrected chi connectivity index (χ2v) is 9.55. The van der Waals surface area contributed by atoms with Gasteiger partial charge in [-0.05, 0) is 99.4 Å². The van der Waals surface area contributed by atoms with Gasteiger partial charge < -0.3 is 9.84 Å². The molecule has 0 amide bonds. The van der Waals surface area contributed by atoms with Gasteiger partial charge in [0.1, 0.15) is 5.76 Å². The lowest BCUT2D eigenvalue weighted by Crippen LogP contribution is -2.48. The first-order valence-electron chi connectivity index (χ1n) is 10.6. The number of aliphatic hydroxyl groups excluding tert-OH is 1. The monoisotopic (exact) mass is 358 g/mol. The van der Waals surface area contributed by atoms with E-state index in [2.05, 4.69) is 13.0 Å². The van der Waals surface area contributed by atoms with Gasteiger partial charge in [0, 0.05) is 6.92 Å². The molecule has 4 aliphatic rings. The molecule has 26 heavy (non-hydrogen) atoms. The number of hydrogen-bond donors (Lipinski definition) is 1. The van der Waals surface area contributed by atoms with Gasteiger partial charge in [-0.2, -0.15) is 0 Å². The first-order chi connectivity index (χ1) is 12.4. The van der Waals surface area contributed by atoms with Gasteiger partial charge in [0.15, 0.2) is 0 Å². The number of ether oxygens (including phenoxy) is 1. The Balaban J connectivity index is 1.53. The van der Waals surface area contributed by atoms with Crippen LogP contribution in [0.25, 0.3) is 0 Å². The summed E-state index contributed by atoms with van der Waals surface area (Å²) in [6, 6.07) is 0. The molecule has 0 aromatic heterocycles. The molecule has 3 nitrogen and oxygen atoms in total. The lowest BCUT2D eigenvalue weighted by molar-refractivity contribution is -0.136. The first-order valence-corrected chi connectivity index (χ1v) is 10.6. The minimum Gasteiger partial charge on any atom is -0.432 e. The zero-order chi connectivity index (χ0) is 18.5. The summed E-state index contributed by atoms with van der Waals surface area (Å²) in [5.41, 5.74) is 3.26. The molecule has 0 saturated heterocycles. The smallest absolute Gasteiger partial charge is 0.307 e. The minimum absolute atomic E-state index is 0.117. The standard InChI is InChI=1S/C23H34O3/c1-14(26-15(2)24)16-4-7-20-17(12-16)5-9-22-21(20)8-6-18-13-19(25)10-11-23(18,22)3/h6,17,19-22,25H,4-5,7-13H2,1-3H3/b16-14-/t17-,19+,20-,21+,22+,23+/m1/s1. The van der Waals surface area contributed by atoms with Crippen molar-refractivity contribution in [1.29, 1.82) is 0 Å². The van der Waals surface area contributed by atoms with Crippen molar-refractivity contribution in [2.24, 2.45) is 29.1 Å². The highest BCUT2D eigenvalue weighted by Crippen LogP contribution is 2.61. The van der Waals surface area contributed by atoms with E-state index in [1.807, 2.05) is 6.92 Å². The van der Waals surface area contributed by atoms with E-state index in [1.54, 1.807) is 5.57 Å². The Labute approximate surface area is 157 Å². The maximum Gasteiger partial charge on any atom is 0.307 e. The fourth-order valence-corrected chi connectivity index (χ4v) is 6.90. The molecule has 1 N–H and O–H groups in total. The van der Waals surface area contributed by atoms with E-state index in [0.717, 1.165) is 61.5 Å². The molecule has 0 unspecified atom stereocenters. The van der Waals surface area contributed by atoms with Crippen molar-refractivity contribution in [3.05, 3.63) is 23.0 Å². The van der Waals surface area contributed by atoms with Crippen LogP contribution in [-0.4, -0.2) is 17.2 Å². The molecule has 6 atom stereocenters. The topological polar surface area (TPSA) is 46.5 Å². The number of allylic oxidation sites excluding steroid dienone is 3. The predicted molar refractivity (Wildman–Crippen MR) is 102 cm³/mol. The number of fused-ring (bicyclic) bond motifs is 5. The van der Waals surface area contributed by atoms with Crippen LogP contribution in [0.3, 0.4) is 0 Å². The van der Waals surface area contributed by atoms with E-state index in [-0.39, 0.29) is 12.1 Å². The molecule has 144 valence electrons. The second-order valence-electron chi connectivity index (χ2n) is 9.55. The van der Waals surface area contributed by atoms with Crippen LogP contribution in [-0.2, 0) is 9.53 Å². The largest absolute Gasteiger partial charge is 0.432 e. The lowest BCUT2D eigenvalue weighted by atomic mass is 9.48. The van der Waals surface area contributed by atoms with Crippen LogP contribution in [0.5, 0.6) is 0 Å². The van der Waals surface area contributed by atoms with Crippen molar-refractivity contribution in [2.45, 2.75) is 84.7 Å². The number of hydrogen-bond acceptors (Lipinski definition) is 3. The second kappa shape index (κ2) is 6.82. The van der Waals surface area contributed by atoms with E-state index in [1.165, 1.54) is 38.2 Å². The molecule has 0 bridgehead atoms. The van der Waals surface area contributed by atoms with Crippen LogP contribution in [0.4, 0.5) is 0 Å². The molecule has 0 spiro atoms. The normalized spacial score (nSPS) is 44.2. The summed E-state index contributed by atoms with van der Waals surface area (Å²) in [6.45, 7) is 5.95. The van der Waals surface area contributed by atoms with Gasteiger partial charge in [0.05, 0.1) is 6.10 Å². The first kappa shape index (κ1) is 18.3. The van der Waals surface area contributed by atoms with Gasteiger partial charge in [-0.1, -0.05) is 18.6 Å². The van der Waals surface area contributed by atoms with Crippen molar-refractivity contribution in [1.82, 2.24) is 0 Å². The molecule has 0 aromatic rings. The fraction of sp³-hybridized carbons (Fsp3) is 0.783. The van der Waals surface area contributed by atoms with Crippen molar-refractivity contribution in [2.75, 3.05) is 0 Å². The summed E-state index contributed by atoms with van der Waals surface area (Å²) in [4.78, 5) is 11.3. The Hall–Kier alpha value is -1.09. The van der Waals surface area contributed by atoms with E-state index in [4.69, 9.17) is 4.74 Å². The van der Waals surface area contributed by atoms with Gasteiger partial charge in [-0.3, -0.25) is 4.79 Å². The summed E-state index contributed by atoms with van der Waals surface area (Å²) in [7, 11) is 0. The maximum absolute atomic E-state index is 11.3. The van der Waals surface area contributed by atoms with E-state index < -0.39 is 0 Å².